The van der Waals surface area contributed by atoms with Crippen LogP contribution < -0.4 is 10.0 Å². The van der Waals surface area contributed by atoms with Crippen molar-refractivity contribution in [3.63, 3.8) is 0 Å². The number of aryl methyl sites for hydroxylation is 1. The van der Waals surface area contributed by atoms with E-state index < -0.39 is 15.8 Å². The summed E-state index contributed by atoms with van der Waals surface area (Å²) in [4.78, 5) is 0. The van der Waals surface area contributed by atoms with Gasteiger partial charge in [-0.05, 0) is 44.0 Å². The van der Waals surface area contributed by atoms with Gasteiger partial charge in [0.25, 0.3) is 0 Å². The number of hydrogen-bond donors (Lipinski definition) is 2. The van der Waals surface area contributed by atoms with Crippen molar-refractivity contribution in [2.75, 3.05) is 17.0 Å². The lowest BCUT2D eigenvalue weighted by atomic mass is 10.2. The van der Waals surface area contributed by atoms with Crippen LogP contribution in [0.3, 0.4) is 0 Å². The normalized spacial score (nSPS) is 11.8. The molecule has 0 atom stereocenters. The van der Waals surface area contributed by atoms with Crippen LogP contribution in [0.2, 0.25) is 0 Å². The zero-order valence-corrected chi connectivity index (χ0v) is 13.1. The highest BCUT2D eigenvalue weighted by Gasteiger charge is 2.12. The Kier molecular flexibility index (Phi) is 6.42. The molecule has 4 nitrogen and oxygen atoms in total. The Bertz CT molecular complexity index is 530. The van der Waals surface area contributed by atoms with E-state index in [9.17, 15) is 12.8 Å². The number of hydrogen-bond acceptors (Lipinski definition) is 3. The highest BCUT2D eigenvalue weighted by molar-refractivity contribution is 7.92. The molecular formula is C14H23FN2O2S. The molecule has 0 bridgehead atoms. The quantitative estimate of drug-likeness (QED) is 0.726. The number of sulfonamides is 1. The van der Waals surface area contributed by atoms with Crippen LogP contribution in [-0.2, 0) is 10.0 Å². The number of benzene rings is 1. The Morgan fingerprint density at radius 3 is 2.55 bits per heavy atom. The van der Waals surface area contributed by atoms with Crippen LogP contribution in [-0.4, -0.2) is 26.8 Å². The Morgan fingerprint density at radius 2 is 1.95 bits per heavy atom. The smallest absolute Gasteiger partial charge is 0.232 e. The molecule has 2 N–H and O–H groups in total. The minimum absolute atomic E-state index is 0.0000909. The average molecular weight is 302 g/mol. The summed E-state index contributed by atoms with van der Waals surface area (Å²) in [6.45, 7) is 6.62. The summed E-state index contributed by atoms with van der Waals surface area (Å²) in [6, 6.07) is 4.83. The van der Waals surface area contributed by atoms with E-state index in [-0.39, 0.29) is 11.4 Å². The third kappa shape index (κ3) is 6.34. The second-order valence-electron chi connectivity index (χ2n) is 5.22. The van der Waals surface area contributed by atoms with Crippen molar-refractivity contribution in [2.45, 2.75) is 39.7 Å². The van der Waals surface area contributed by atoms with Gasteiger partial charge in [-0.2, -0.15) is 0 Å². The first-order chi connectivity index (χ1) is 9.30. The van der Waals surface area contributed by atoms with Crippen molar-refractivity contribution < 1.29 is 12.8 Å². The Balaban J connectivity index is 2.45. The number of anilines is 1. The number of rotatable bonds is 8. The molecule has 0 unspecified atom stereocenters. The predicted octanol–water partition coefficient (Wildman–Crippen LogP) is 2.65. The fraction of sp³-hybridized carbons (Fsp3) is 0.571. The predicted molar refractivity (Wildman–Crippen MR) is 80.9 cm³/mol. The summed E-state index contributed by atoms with van der Waals surface area (Å²) in [6.07, 6.45) is 1.32. The van der Waals surface area contributed by atoms with Gasteiger partial charge >= 0.3 is 0 Å². The molecule has 114 valence electrons. The second kappa shape index (κ2) is 7.59. The van der Waals surface area contributed by atoms with Crippen LogP contribution in [0.4, 0.5) is 10.1 Å². The molecule has 0 saturated carbocycles. The monoisotopic (exact) mass is 302 g/mol. The highest BCUT2D eigenvalue weighted by atomic mass is 32.2. The van der Waals surface area contributed by atoms with Crippen LogP contribution in [0.1, 0.15) is 32.3 Å². The zero-order chi connectivity index (χ0) is 15.2. The minimum atomic E-state index is -3.49. The lowest BCUT2D eigenvalue weighted by Gasteiger charge is -2.10. The topological polar surface area (TPSA) is 58.2 Å². The van der Waals surface area contributed by atoms with E-state index in [2.05, 4.69) is 10.0 Å². The van der Waals surface area contributed by atoms with E-state index in [1.807, 2.05) is 13.8 Å². The first kappa shape index (κ1) is 16.9. The van der Waals surface area contributed by atoms with Gasteiger partial charge in [0.2, 0.25) is 10.0 Å². The maximum absolute atomic E-state index is 13.6. The third-order valence-corrected chi connectivity index (χ3v) is 4.14. The summed E-state index contributed by atoms with van der Waals surface area (Å²) in [5.74, 6) is -0.546. The van der Waals surface area contributed by atoms with Gasteiger partial charge in [-0.1, -0.05) is 19.9 Å². The Morgan fingerprint density at radius 1 is 1.25 bits per heavy atom. The lowest BCUT2D eigenvalue weighted by molar-refractivity contribution is 0.560. The lowest BCUT2D eigenvalue weighted by Crippen LogP contribution is -2.24. The van der Waals surface area contributed by atoms with Gasteiger partial charge in [0.05, 0.1) is 11.4 Å². The minimum Gasteiger partial charge on any atom is -0.315 e. The van der Waals surface area contributed by atoms with Crippen LogP contribution in [0.15, 0.2) is 18.2 Å². The molecule has 0 fully saturated rings. The fourth-order valence-electron chi connectivity index (χ4n) is 1.73. The van der Waals surface area contributed by atoms with E-state index in [1.165, 1.54) is 12.1 Å². The van der Waals surface area contributed by atoms with Crippen molar-refractivity contribution in [1.82, 2.24) is 5.32 Å². The molecule has 0 amide bonds. The van der Waals surface area contributed by atoms with Crippen LogP contribution >= 0.6 is 0 Å². The molecule has 1 rings (SSSR count). The van der Waals surface area contributed by atoms with E-state index >= 15 is 0 Å². The highest BCUT2D eigenvalue weighted by Crippen LogP contribution is 2.17. The molecule has 0 aliphatic heterocycles. The molecular weight excluding hydrogens is 279 g/mol. The fourth-order valence-corrected chi connectivity index (χ4v) is 2.92. The summed E-state index contributed by atoms with van der Waals surface area (Å²) >= 11 is 0. The molecule has 0 heterocycles. The maximum atomic E-state index is 13.6. The molecule has 0 aliphatic carbocycles. The van der Waals surface area contributed by atoms with Crippen molar-refractivity contribution in [3.05, 3.63) is 29.6 Å². The van der Waals surface area contributed by atoms with Gasteiger partial charge in [0, 0.05) is 6.04 Å². The van der Waals surface area contributed by atoms with Gasteiger partial charge in [0.15, 0.2) is 0 Å². The zero-order valence-electron chi connectivity index (χ0n) is 12.2. The third-order valence-electron chi connectivity index (χ3n) is 2.78. The van der Waals surface area contributed by atoms with Crippen molar-refractivity contribution in [2.24, 2.45) is 0 Å². The Hall–Kier alpha value is -1.14. The standard InChI is InChI=1S/C14H23FN2O2S/c1-11(2)16-8-4-5-9-20(18,19)17-14-7-6-12(3)10-13(14)15/h6-7,10-11,16-17H,4-5,8-9H2,1-3H3. The molecule has 0 radical (unpaired) electrons. The van der Waals surface area contributed by atoms with E-state index in [0.29, 0.717) is 12.5 Å². The first-order valence-corrected chi connectivity index (χ1v) is 8.45. The largest absolute Gasteiger partial charge is 0.315 e. The summed E-state index contributed by atoms with van der Waals surface area (Å²) in [7, 11) is -3.49. The Labute approximate surface area is 120 Å². The van der Waals surface area contributed by atoms with E-state index in [1.54, 1.807) is 13.0 Å². The van der Waals surface area contributed by atoms with Crippen molar-refractivity contribution in [3.8, 4) is 0 Å². The van der Waals surface area contributed by atoms with E-state index in [4.69, 9.17) is 0 Å². The van der Waals surface area contributed by atoms with Gasteiger partial charge < -0.3 is 5.32 Å². The van der Waals surface area contributed by atoms with Gasteiger partial charge in [0.1, 0.15) is 5.82 Å². The van der Waals surface area contributed by atoms with Gasteiger partial charge in [-0.3, -0.25) is 4.72 Å². The van der Waals surface area contributed by atoms with Crippen LogP contribution in [0.25, 0.3) is 0 Å². The van der Waals surface area contributed by atoms with Crippen LogP contribution in [0, 0.1) is 12.7 Å². The van der Waals surface area contributed by atoms with Crippen molar-refractivity contribution >= 4 is 15.7 Å². The summed E-state index contributed by atoms with van der Waals surface area (Å²) < 4.78 is 39.5. The average Bonchev–Trinajstić information content (AvgIpc) is 2.32. The molecule has 1 aromatic rings. The molecule has 1 aromatic carbocycles. The van der Waals surface area contributed by atoms with Gasteiger partial charge in [-0.15, -0.1) is 0 Å². The summed E-state index contributed by atoms with van der Waals surface area (Å²) in [5.41, 5.74) is 0.765. The number of halogens is 1. The second-order valence-corrected chi connectivity index (χ2v) is 7.06. The molecule has 20 heavy (non-hydrogen) atoms. The number of nitrogens with one attached hydrogen (secondary N) is 2. The van der Waals surface area contributed by atoms with Crippen molar-refractivity contribution in [1.29, 1.82) is 0 Å². The first-order valence-electron chi connectivity index (χ1n) is 6.80. The van der Waals surface area contributed by atoms with Crippen LogP contribution in [0.5, 0.6) is 0 Å². The number of unbranched alkanes of at least 4 members (excludes halogenated alkanes) is 1. The molecule has 0 aromatic heterocycles. The molecule has 0 aliphatic rings. The molecule has 6 heteroatoms. The van der Waals surface area contributed by atoms with Gasteiger partial charge in [-0.25, -0.2) is 12.8 Å². The van der Waals surface area contributed by atoms with E-state index in [0.717, 1.165) is 18.5 Å². The maximum Gasteiger partial charge on any atom is 0.232 e. The SMILES string of the molecule is Cc1ccc(NS(=O)(=O)CCCCNC(C)C)c(F)c1. The molecule has 0 saturated heterocycles. The molecule has 0 spiro atoms. The summed E-state index contributed by atoms with van der Waals surface area (Å²) in [5, 5.41) is 3.22.